The maximum absolute atomic E-state index is 13.8. The first kappa shape index (κ1) is 33.0. The molecule has 0 aromatic heterocycles. The molecule has 2 atom stereocenters. The topological polar surface area (TPSA) is 91.9 Å². The number of aliphatic hydroxyl groups is 1. The summed E-state index contributed by atoms with van der Waals surface area (Å²) >= 11 is 0. The molecule has 1 heterocycles. The number of amides is 1. The molecule has 1 aliphatic carbocycles. The highest BCUT2D eigenvalue weighted by Gasteiger charge is 2.37. The zero-order chi connectivity index (χ0) is 31.9. The lowest BCUT2D eigenvalue weighted by atomic mass is 9.81. The summed E-state index contributed by atoms with van der Waals surface area (Å²) in [5, 5.41) is 22.3. The van der Waals surface area contributed by atoms with Gasteiger partial charge in [-0.3, -0.25) is 4.79 Å². The maximum Gasteiger partial charge on any atom is 0.251 e. The molecule has 7 heteroatoms. The van der Waals surface area contributed by atoms with Crippen molar-refractivity contribution in [2.45, 2.75) is 95.4 Å². The van der Waals surface area contributed by atoms with Crippen LogP contribution in [0.2, 0.25) is 0 Å². The van der Waals surface area contributed by atoms with Crippen molar-refractivity contribution in [3.63, 3.8) is 0 Å². The van der Waals surface area contributed by atoms with E-state index < -0.39 is 12.1 Å². The van der Waals surface area contributed by atoms with E-state index >= 15 is 0 Å². The predicted molar refractivity (Wildman–Crippen MR) is 181 cm³/mol. The Kier molecular flexibility index (Phi) is 10.9. The number of aliphatic hydroxyl groups excluding tert-OH is 1. The molecule has 3 aromatic rings. The Morgan fingerprint density at radius 3 is 2.60 bits per heavy atom. The number of methoxy groups -OCH3 is 1. The number of carbonyl (C=O) groups is 1. The monoisotopic (exact) mass is 613 g/mol. The van der Waals surface area contributed by atoms with Crippen molar-refractivity contribution in [2.75, 3.05) is 32.1 Å². The second kappa shape index (κ2) is 14.8. The van der Waals surface area contributed by atoms with E-state index in [-0.39, 0.29) is 16.9 Å². The van der Waals surface area contributed by atoms with E-state index in [0.717, 1.165) is 67.6 Å². The van der Waals surface area contributed by atoms with Gasteiger partial charge in [0.15, 0.2) is 0 Å². The van der Waals surface area contributed by atoms with Gasteiger partial charge >= 0.3 is 0 Å². The average Bonchev–Trinajstić information content (AvgIpc) is 3.51. The SMILES string of the molecule is COCc1cc2cc(c1)C(=O)N[C@H]([C@H](O)CNC1(c3cccc(C(C)(C)C)c3)CCCC1)Cc1cccc(c1)OCCCCN2. The van der Waals surface area contributed by atoms with Crippen LogP contribution in [0.25, 0.3) is 0 Å². The van der Waals surface area contributed by atoms with E-state index in [9.17, 15) is 9.90 Å². The molecular formula is C38H51N3O4. The van der Waals surface area contributed by atoms with E-state index in [2.05, 4.69) is 61.0 Å². The largest absolute Gasteiger partial charge is 0.494 e. The van der Waals surface area contributed by atoms with Gasteiger partial charge in [0, 0.05) is 37.0 Å². The fraction of sp³-hybridized carbons (Fsp3) is 0.500. The average molecular weight is 614 g/mol. The van der Waals surface area contributed by atoms with Crippen LogP contribution in [0.5, 0.6) is 5.75 Å². The number of carbonyl (C=O) groups excluding carboxylic acids is 1. The second-order valence-corrected chi connectivity index (χ2v) is 13.8. The Balaban J connectivity index is 1.41. The lowest BCUT2D eigenvalue weighted by Crippen LogP contribution is -2.52. The molecule has 3 aromatic carbocycles. The van der Waals surface area contributed by atoms with Crippen LogP contribution in [0, 0.1) is 0 Å². The van der Waals surface area contributed by atoms with Gasteiger partial charge in [-0.25, -0.2) is 0 Å². The standard InChI is InChI=1S/C38H51N3O4/c1-37(2,3)30-12-10-13-31(24-30)38(15-5-6-16-38)40-25-35(42)34-22-27-11-9-14-33(21-27)45-18-8-7-17-39-32-20-28(26-44-4)19-29(23-32)36(43)41-34/h9-14,19-21,23-24,34-35,39-40,42H,5-8,15-18,22,25-26H2,1-4H3,(H,41,43)/t34-,35+/m0/s1. The van der Waals surface area contributed by atoms with Gasteiger partial charge in [-0.15, -0.1) is 0 Å². The highest BCUT2D eigenvalue weighted by atomic mass is 16.5. The first-order valence-corrected chi connectivity index (χ1v) is 16.6. The van der Waals surface area contributed by atoms with Gasteiger partial charge in [-0.05, 0) is 90.1 Å². The number of anilines is 1. The zero-order valence-electron chi connectivity index (χ0n) is 27.5. The third-order valence-electron chi connectivity index (χ3n) is 9.26. The number of benzene rings is 3. The molecule has 242 valence electrons. The minimum atomic E-state index is -0.819. The van der Waals surface area contributed by atoms with Crippen molar-refractivity contribution in [3.8, 4) is 5.75 Å². The number of nitrogens with one attached hydrogen (secondary N) is 3. The van der Waals surface area contributed by atoms with Crippen LogP contribution in [0.4, 0.5) is 5.69 Å². The van der Waals surface area contributed by atoms with Gasteiger partial charge in [0.05, 0.1) is 25.4 Å². The molecule has 5 rings (SSSR count). The van der Waals surface area contributed by atoms with Gasteiger partial charge in [0.25, 0.3) is 5.91 Å². The fourth-order valence-corrected chi connectivity index (χ4v) is 6.65. The van der Waals surface area contributed by atoms with Crippen LogP contribution in [0.15, 0.2) is 66.7 Å². The lowest BCUT2D eigenvalue weighted by molar-refractivity contribution is 0.0806. The van der Waals surface area contributed by atoms with E-state index in [1.54, 1.807) is 7.11 Å². The molecule has 2 aliphatic rings. The van der Waals surface area contributed by atoms with Gasteiger partial charge in [0.2, 0.25) is 0 Å². The lowest BCUT2D eigenvalue weighted by Gasteiger charge is -2.35. The molecule has 0 unspecified atom stereocenters. The van der Waals surface area contributed by atoms with Crippen LogP contribution in [0.3, 0.4) is 0 Å². The highest BCUT2D eigenvalue weighted by molar-refractivity contribution is 5.95. The Bertz CT molecular complexity index is 1430. The number of ether oxygens (including phenoxy) is 2. The molecular weight excluding hydrogens is 562 g/mol. The second-order valence-electron chi connectivity index (χ2n) is 13.8. The van der Waals surface area contributed by atoms with Crippen molar-refractivity contribution in [2.24, 2.45) is 0 Å². The molecule has 0 saturated heterocycles. The molecule has 1 fully saturated rings. The van der Waals surface area contributed by atoms with Crippen LogP contribution in [-0.2, 0) is 28.7 Å². The van der Waals surface area contributed by atoms with Crippen LogP contribution in [0.1, 0.15) is 91.9 Å². The molecule has 1 saturated carbocycles. The van der Waals surface area contributed by atoms with Crippen molar-refractivity contribution in [3.05, 3.63) is 94.5 Å². The Hall–Kier alpha value is -3.39. The number of hydrogen-bond donors (Lipinski definition) is 4. The summed E-state index contributed by atoms with van der Waals surface area (Å²) in [5.74, 6) is 0.594. The molecule has 0 spiro atoms. The van der Waals surface area contributed by atoms with Crippen molar-refractivity contribution < 1.29 is 19.4 Å². The Labute approximate surface area is 269 Å². The molecule has 0 radical (unpaired) electrons. The Morgan fingerprint density at radius 1 is 1.02 bits per heavy atom. The number of rotatable bonds is 7. The minimum Gasteiger partial charge on any atom is -0.494 e. The van der Waals surface area contributed by atoms with Crippen molar-refractivity contribution >= 4 is 11.6 Å². The van der Waals surface area contributed by atoms with E-state index in [0.29, 0.717) is 31.7 Å². The Morgan fingerprint density at radius 2 is 1.82 bits per heavy atom. The van der Waals surface area contributed by atoms with Gasteiger partial charge < -0.3 is 30.5 Å². The number of hydrogen-bond acceptors (Lipinski definition) is 6. The summed E-state index contributed by atoms with van der Waals surface area (Å²) in [6.45, 7) is 8.90. The van der Waals surface area contributed by atoms with Gasteiger partial charge in [0.1, 0.15) is 5.75 Å². The fourth-order valence-electron chi connectivity index (χ4n) is 6.65. The quantitative estimate of drug-likeness (QED) is 0.244. The molecule has 7 nitrogen and oxygen atoms in total. The van der Waals surface area contributed by atoms with Gasteiger partial charge in [-0.2, -0.15) is 0 Å². The van der Waals surface area contributed by atoms with Crippen molar-refractivity contribution in [1.82, 2.24) is 10.6 Å². The summed E-state index contributed by atoms with van der Waals surface area (Å²) in [6.07, 6.45) is 5.84. The summed E-state index contributed by atoms with van der Waals surface area (Å²) in [4.78, 5) is 13.8. The van der Waals surface area contributed by atoms with E-state index in [1.807, 2.05) is 42.5 Å². The highest BCUT2D eigenvalue weighted by Crippen LogP contribution is 2.40. The first-order chi connectivity index (χ1) is 21.6. The molecule has 4 N–H and O–H groups in total. The van der Waals surface area contributed by atoms with Crippen molar-refractivity contribution in [1.29, 1.82) is 0 Å². The summed E-state index contributed by atoms with van der Waals surface area (Å²) in [7, 11) is 1.66. The first-order valence-electron chi connectivity index (χ1n) is 16.6. The van der Waals surface area contributed by atoms with E-state index in [4.69, 9.17) is 9.47 Å². The zero-order valence-corrected chi connectivity index (χ0v) is 27.5. The molecule has 1 amide bonds. The third-order valence-corrected chi connectivity index (χ3v) is 9.26. The predicted octanol–water partition coefficient (Wildman–Crippen LogP) is 6.48. The summed E-state index contributed by atoms with van der Waals surface area (Å²) < 4.78 is 11.5. The summed E-state index contributed by atoms with van der Waals surface area (Å²) in [5.41, 5.74) is 5.80. The van der Waals surface area contributed by atoms with Crippen LogP contribution >= 0.6 is 0 Å². The maximum atomic E-state index is 13.8. The van der Waals surface area contributed by atoms with Gasteiger partial charge in [-0.1, -0.05) is 70.0 Å². The molecule has 1 aliphatic heterocycles. The number of fused-ring (bicyclic) bond motifs is 4. The smallest absolute Gasteiger partial charge is 0.251 e. The van der Waals surface area contributed by atoms with Crippen LogP contribution in [-0.4, -0.2) is 50.0 Å². The normalized spacial score (nSPS) is 19.7. The third kappa shape index (κ3) is 8.66. The molecule has 45 heavy (non-hydrogen) atoms. The molecule has 4 bridgehead atoms. The minimum absolute atomic E-state index is 0.0531. The summed E-state index contributed by atoms with van der Waals surface area (Å²) in [6, 6.07) is 22.2. The van der Waals surface area contributed by atoms with Crippen LogP contribution < -0.4 is 20.7 Å². The van der Waals surface area contributed by atoms with E-state index in [1.165, 1.54) is 11.1 Å².